The minimum Gasteiger partial charge on any atom is -0.387 e. The minimum absolute atomic E-state index is 0.00844. The number of nitrogens with one attached hydrogen (secondary N) is 1. The van der Waals surface area contributed by atoms with Crippen LogP contribution in [0.3, 0.4) is 0 Å². The Hall–Kier alpha value is -2.15. The molecule has 0 heterocycles. The maximum atomic E-state index is 12.0. The van der Waals surface area contributed by atoms with Gasteiger partial charge in [-0.05, 0) is 35.4 Å². The number of amides is 1. The molecule has 2 N–H and O–H groups in total. The number of aliphatic hydroxyl groups excluding tert-OH is 1. The third kappa shape index (κ3) is 4.67. The summed E-state index contributed by atoms with van der Waals surface area (Å²) in [6.45, 7) is -0.0291. The predicted octanol–water partition coefficient (Wildman–Crippen LogP) is 3.29. The second kappa shape index (κ2) is 8.10. The predicted molar refractivity (Wildman–Crippen MR) is 91.2 cm³/mol. The number of non-ortho nitro benzene ring substituents is 1. The van der Waals surface area contributed by atoms with Crippen LogP contribution in [0.5, 0.6) is 0 Å². The van der Waals surface area contributed by atoms with Gasteiger partial charge in [-0.3, -0.25) is 14.9 Å². The van der Waals surface area contributed by atoms with Crippen LogP contribution in [0.15, 0.2) is 42.5 Å². The Morgan fingerprint density at radius 3 is 2.29 bits per heavy atom. The van der Waals surface area contributed by atoms with E-state index < -0.39 is 11.0 Å². The van der Waals surface area contributed by atoms with Gasteiger partial charge >= 0.3 is 0 Å². The molecule has 1 amide bonds. The molecule has 6 nitrogen and oxygen atoms in total. The lowest BCUT2D eigenvalue weighted by atomic mass is 10.1. The van der Waals surface area contributed by atoms with E-state index in [1.165, 1.54) is 24.3 Å². The van der Waals surface area contributed by atoms with Crippen LogP contribution in [-0.2, 0) is 11.2 Å². The summed E-state index contributed by atoms with van der Waals surface area (Å²) in [6.07, 6.45) is -0.984. The molecule has 2 aromatic rings. The van der Waals surface area contributed by atoms with Gasteiger partial charge in [-0.1, -0.05) is 29.3 Å². The SMILES string of the molecule is O=C(Cc1c(Cl)cccc1Cl)NCC(O)c1ccc([N+](=O)[O-])cc1. The van der Waals surface area contributed by atoms with Gasteiger partial charge in [0.05, 0.1) is 17.4 Å². The molecule has 0 spiro atoms. The van der Waals surface area contributed by atoms with Crippen molar-refractivity contribution in [2.45, 2.75) is 12.5 Å². The fourth-order valence-corrected chi connectivity index (χ4v) is 2.60. The molecule has 0 saturated heterocycles. The van der Waals surface area contributed by atoms with Crippen molar-refractivity contribution in [3.05, 3.63) is 73.8 Å². The zero-order valence-corrected chi connectivity index (χ0v) is 13.9. The highest BCUT2D eigenvalue weighted by atomic mass is 35.5. The molecular weight excluding hydrogens is 355 g/mol. The molecule has 0 aliphatic heterocycles. The van der Waals surface area contributed by atoms with E-state index in [1.54, 1.807) is 18.2 Å². The number of hydrogen-bond donors (Lipinski definition) is 2. The number of nitro groups is 1. The van der Waals surface area contributed by atoms with Gasteiger partial charge < -0.3 is 10.4 Å². The molecule has 1 atom stereocenters. The minimum atomic E-state index is -0.975. The Kier molecular flexibility index (Phi) is 6.14. The number of hydrogen-bond acceptors (Lipinski definition) is 4. The molecule has 8 heteroatoms. The Bertz CT molecular complexity index is 730. The van der Waals surface area contributed by atoms with Gasteiger partial charge in [-0.25, -0.2) is 0 Å². The van der Waals surface area contributed by atoms with Crippen LogP contribution in [0, 0.1) is 10.1 Å². The molecule has 2 rings (SSSR count). The van der Waals surface area contributed by atoms with E-state index in [9.17, 15) is 20.0 Å². The summed E-state index contributed by atoms with van der Waals surface area (Å²) in [7, 11) is 0. The molecule has 0 aliphatic rings. The quantitative estimate of drug-likeness (QED) is 0.604. The molecule has 0 fully saturated rings. The highest BCUT2D eigenvalue weighted by molar-refractivity contribution is 6.36. The number of nitro benzene ring substituents is 1. The highest BCUT2D eigenvalue weighted by Gasteiger charge is 2.14. The average Bonchev–Trinajstić information content (AvgIpc) is 2.56. The molecule has 0 aromatic heterocycles. The van der Waals surface area contributed by atoms with Crippen LogP contribution in [0.4, 0.5) is 5.69 Å². The maximum absolute atomic E-state index is 12.0. The Balaban J connectivity index is 1.92. The fourth-order valence-electron chi connectivity index (χ4n) is 2.07. The number of rotatable bonds is 6. The first kappa shape index (κ1) is 18.2. The summed E-state index contributed by atoms with van der Waals surface area (Å²) in [5, 5.41) is 24.0. The lowest BCUT2D eigenvalue weighted by Gasteiger charge is -2.13. The average molecular weight is 369 g/mol. The summed E-state index contributed by atoms with van der Waals surface area (Å²) in [4.78, 5) is 22.0. The zero-order valence-electron chi connectivity index (χ0n) is 12.4. The van der Waals surface area contributed by atoms with Gasteiger partial charge in [-0.15, -0.1) is 0 Å². The molecule has 24 heavy (non-hydrogen) atoms. The van der Waals surface area contributed by atoms with Crippen molar-refractivity contribution in [2.24, 2.45) is 0 Å². The number of aliphatic hydroxyl groups is 1. The lowest BCUT2D eigenvalue weighted by molar-refractivity contribution is -0.384. The molecular formula is C16H14Cl2N2O4. The molecule has 0 radical (unpaired) electrons. The van der Waals surface area contributed by atoms with Crippen molar-refractivity contribution in [3.8, 4) is 0 Å². The Morgan fingerprint density at radius 1 is 1.17 bits per heavy atom. The van der Waals surface area contributed by atoms with E-state index in [0.29, 0.717) is 21.2 Å². The van der Waals surface area contributed by atoms with Gasteiger partial charge in [-0.2, -0.15) is 0 Å². The molecule has 1 unspecified atom stereocenters. The molecule has 2 aromatic carbocycles. The highest BCUT2D eigenvalue weighted by Crippen LogP contribution is 2.24. The second-order valence-electron chi connectivity index (χ2n) is 5.05. The second-order valence-corrected chi connectivity index (χ2v) is 5.86. The molecule has 0 saturated carbocycles. The van der Waals surface area contributed by atoms with Gasteiger partial charge in [0.2, 0.25) is 5.91 Å². The van der Waals surface area contributed by atoms with Gasteiger partial charge in [0.1, 0.15) is 0 Å². The Labute approximate surface area is 148 Å². The third-order valence-electron chi connectivity index (χ3n) is 3.38. The van der Waals surface area contributed by atoms with Gasteiger partial charge in [0.15, 0.2) is 0 Å². The topological polar surface area (TPSA) is 92.5 Å². The number of halogens is 2. The van der Waals surface area contributed by atoms with Crippen molar-refractivity contribution in [1.29, 1.82) is 0 Å². The van der Waals surface area contributed by atoms with Crippen molar-refractivity contribution in [1.82, 2.24) is 5.32 Å². The van der Waals surface area contributed by atoms with E-state index in [-0.39, 0.29) is 24.6 Å². The van der Waals surface area contributed by atoms with E-state index in [1.807, 2.05) is 0 Å². The van der Waals surface area contributed by atoms with Crippen LogP contribution in [0.2, 0.25) is 10.0 Å². The largest absolute Gasteiger partial charge is 0.387 e. The number of benzene rings is 2. The van der Waals surface area contributed by atoms with Gasteiger partial charge in [0, 0.05) is 28.7 Å². The third-order valence-corrected chi connectivity index (χ3v) is 4.09. The number of carbonyl (C=O) groups excluding carboxylic acids is 1. The standard InChI is InChI=1S/C16H14Cl2N2O4/c17-13-2-1-3-14(18)12(13)8-16(22)19-9-15(21)10-4-6-11(7-5-10)20(23)24/h1-7,15,21H,8-9H2,(H,19,22). The number of carbonyl (C=O) groups is 1. The van der Waals surface area contributed by atoms with E-state index >= 15 is 0 Å². The van der Waals surface area contributed by atoms with Crippen molar-refractivity contribution in [3.63, 3.8) is 0 Å². The van der Waals surface area contributed by atoms with Crippen LogP contribution in [0.25, 0.3) is 0 Å². The molecule has 126 valence electrons. The first-order valence-corrected chi connectivity index (χ1v) is 7.76. The maximum Gasteiger partial charge on any atom is 0.269 e. The van der Waals surface area contributed by atoms with Crippen LogP contribution < -0.4 is 5.32 Å². The van der Waals surface area contributed by atoms with Crippen molar-refractivity contribution in [2.75, 3.05) is 6.54 Å². The van der Waals surface area contributed by atoms with Crippen LogP contribution in [-0.4, -0.2) is 22.5 Å². The van der Waals surface area contributed by atoms with E-state index in [4.69, 9.17) is 23.2 Å². The zero-order chi connectivity index (χ0) is 17.7. The van der Waals surface area contributed by atoms with E-state index in [0.717, 1.165) is 0 Å². The monoisotopic (exact) mass is 368 g/mol. The summed E-state index contributed by atoms with van der Waals surface area (Å²) in [5.74, 6) is -0.342. The first-order chi connectivity index (χ1) is 11.4. The summed E-state index contributed by atoms with van der Waals surface area (Å²) < 4.78 is 0. The summed E-state index contributed by atoms with van der Waals surface area (Å²) in [6, 6.07) is 10.4. The van der Waals surface area contributed by atoms with Crippen molar-refractivity contribution >= 4 is 34.8 Å². The Morgan fingerprint density at radius 2 is 1.75 bits per heavy atom. The van der Waals surface area contributed by atoms with Crippen LogP contribution in [0.1, 0.15) is 17.2 Å². The van der Waals surface area contributed by atoms with Crippen molar-refractivity contribution < 1.29 is 14.8 Å². The molecule has 0 bridgehead atoms. The van der Waals surface area contributed by atoms with E-state index in [2.05, 4.69) is 5.32 Å². The summed E-state index contributed by atoms with van der Waals surface area (Å²) >= 11 is 12.0. The normalized spacial score (nSPS) is 11.8. The smallest absolute Gasteiger partial charge is 0.269 e. The fraction of sp³-hybridized carbons (Fsp3) is 0.188. The number of nitrogens with zero attached hydrogens (tertiary/aromatic N) is 1. The molecule has 0 aliphatic carbocycles. The lowest BCUT2D eigenvalue weighted by Crippen LogP contribution is -2.29. The summed E-state index contributed by atoms with van der Waals surface area (Å²) in [5.41, 5.74) is 0.920. The van der Waals surface area contributed by atoms with Gasteiger partial charge in [0.25, 0.3) is 5.69 Å². The first-order valence-electron chi connectivity index (χ1n) is 7.00. The van der Waals surface area contributed by atoms with Crippen LogP contribution >= 0.6 is 23.2 Å².